The highest BCUT2D eigenvalue weighted by Crippen LogP contribution is 2.58. The molecule has 22 heteroatoms. The molecule has 0 radical (unpaired) electrons. The van der Waals surface area contributed by atoms with Crippen LogP contribution >= 0.6 is 7.82 Å². The number of sulfonamides is 1. The Bertz CT molecular complexity index is 3000. The van der Waals surface area contributed by atoms with Crippen LogP contribution in [0.25, 0.3) is 11.4 Å². The molecule has 0 bridgehead atoms. The second kappa shape index (κ2) is 19.0. The van der Waals surface area contributed by atoms with Crippen LogP contribution in [0.5, 0.6) is 5.88 Å². The van der Waals surface area contributed by atoms with E-state index in [4.69, 9.17) is 18.7 Å². The number of fused-ring (bicyclic) bond motifs is 3. The summed E-state index contributed by atoms with van der Waals surface area (Å²) in [5.41, 5.74) is 4.86. The van der Waals surface area contributed by atoms with E-state index in [1.54, 1.807) is 12.3 Å². The Morgan fingerprint density at radius 2 is 1.81 bits per heavy atom. The van der Waals surface area contributed by atoms with E-state index in [9.17, 15) is 37.7 Å². The monoisotopic (exact) mass is 1030 g/mol. The molecule has 1 spiro atoms. The number of hydrogen-bond donors (Lipinski definition) is 5. The molecule has 4 atom stereocenters. The fraction of sp³-hybridized carbons (Fsp3) is 0.480. The van der Waals surface area contributed by atoms with Crippen molar-refractivity contribution < 1.29 is 55.7 Å². The standard InChI is InChI=1S/C50H59N8O12PS/c1-32-5-2-3-6-38(32)45-7-4-20-58(45,31-69-71(62,63)64)36-26-50(27-36)15-18-55(19-16-50)35-8-10-39(41(24-35)56-43-23-34-12-17-51-47(34)53-49(43)70-46-30-68-29-44(46)56)48(59)54-72(65,66)37-9-11-40(42(25-37)57(60)61)52-28-33-13-21-67-22-14-33/h2-3,5-6,8-12,17,23-25,33,36,44-46,52H,4,7,13-16,18-22,26-31H2,1H3,(H3-,51,53,54,59,62,63,64)/p+1/t44-,45+,46-,58?/m1/s1. The third-order valence-corrected chi connectivity index (χ3v) is 18.2. The average molecular weight is 1030 g/mol. The highest BCUT2D eigenvalue weighted by molar-refractivity contribution is 7.90. The van der Waals surface area contributed by atoms with Gasteiger partial charge in [0.15, 0.2) is 6.73 Å². The molecule has 382 valence electrons. The number of amides is 1. The lowest BCUT2D eigenvalue weighted by Gasteiger charge is -2.59. The number of anilines is 4. The minimum Gasteiger partial charge on any atom is -0.469 e. The summed E-state index contributed by atoms with van der Waals surface area (Å²) in [7, 11) is -9.36. The molecule has 20 nitrogen and oxygen atoms in total. The van der Waals surface area contributed by atoms with Gasteiger partial charge >= 0.3 is 7.82 Å². The van der Waals surface area contributed by atoms with Crippen molar-refractivity contribution in [1.29, 1.82) is 0 Å². The third-order valence-electron chi connectivity index (χ3n) is 16.4. The van der Waals surface area contributed by atoms with Crippen molar-refractivity contribution in [1.82, 2.24) is 14.7 Å². The second-order valence-corrected chi connectivity index (χ2v) is 23.4. The zero-order valence-electron chi connectivity index (χ0n) is 40.0. The van der Waals surface area contributed by atoms with Gasteiger partial charge in [-0.05, 0) is 92.0 Å². The maximum atomic E-state index is 14.6. The quantitative estimate of drug-likeness (QED) is 0.0321. The number of benzene rings is 3. The lowest BCUT2D eigenvalue weighted by Crippen LogP contribution is -2.64. The molecule has 11 rings (SSSR count). The van der Waals surface area contributed by atoms with Gasteiger partial charge in [-0.1, -0.05) is 24.3 Å². The van der Waals surface area contributed by atoms with Gasteiger partial charge in [-0.15, -0.1) is 0 Å². The first-order chi connectivity index (χ1) is 34.6. The Kier molecular flexibility index (Phi) is 12.8. The average Bonchev–Trinajstić information content (AvgIpc) is 4.13. The van der Waals surface area contributed by atoms with E-state index in [1.165, 1.54) is 17.7 Å². The molecule has 72 heavy (non-hydrogen) atoms. The minimum absolute atomic E-state index is 0.0327. The topological polar surface area (TPSA) is 248 Å². The van der Waals surface area contributed by atoms with Crippen LogP contribution in [0.4, 0.5) is 28.4 Å². The molecule has 5 N–H and O–H groups in total. The Morgan fingerprint density at radius 1 is 1.01 bits per heavy atom. The predicted molar refractivity (Wildman–Crippen MR) is 266 cm³/mol. The number of carbonyl (C=O) groups excluding carboxylic acids is 1. The van der Waals surface area contributed by atoms with E-state index >= 15 is 0 Å². The fourth-order valence-electron chi connectivity index (χ4n) is 12.5. The van der Waals surface area contributed by atoms with Crippen molar-refractivity contribution >= 4 is 52.2 Å². The molecule has 3 aromatic rings. The Hall–Kier alpha value is -5.64. The van der Waals surface area contributed by atoms with Crippen LogP contribution in [0, 0.1) is 28.4 Å². The van der Waals surface area contributed by atoms with E-state index < -0.39 is 51.4 Å². The molecule has 1 unspecified atom stereocenters. The molecular weight excluding hydrogens is 968 g/mol. The summed E-state index contributed by atoms with van der Waals surface area (Å²) in [5, 5.41) is 15.4. The van der Waals surface area contributed by atoms with Crippen molar-refractivity contribution in [3.05, 3.63) is 106 Å². The number of phosphoric acid groups is 1. The molecule has 0 aromatic heterocycles. The lowest BCUT2D eigenvalue weighted by atomic mass is 9.59. The van der Waals surface area contributed by atoms with Crippen LogP contribution < -0.4 is 24.6 Å². The highest BCUT2D eigenvalue weighted by Gasteiger charge is 2.59. The molecule has 1 amide bonds. The number of piperidine rings is 1. The summed E-state index contributed by atoms with van der Waals surface area (Å²) < 4.78 is 66.3. The fourth-order valence-corrected chi connectivity index (χ4v) is 13.8. The molecule has 3 aromatic carbocycles. The van der Waals surface area contributed by atoms with Gasteiger partial charge in [-0.25, -0.2) is 27.2 Å². The first-order valence-corrected chi connectivity index (χ1v) is 27.8. The number of nitrogens with zero attached hydrogens (tertiary/aromatic N) is 5. The molecule has 4 saturated heterocycles. The van der Waals surface area contributed by atoms with E-state index in [0.717, 1.165) is 80.8 Å². The highest BCUT2D eigenvalue weighted by atomic mass is 32.2. The van der Waals surface area contributed by atoms with Gasteiger partial charge in [0.25, 0.3) is 21.6 Å². The van der Waals surface area contributed by atoms with Gasteiger partial charge in [0.2, 0.25) is 5.88 Å². The maximum Gasteiger partial charge on any atom is 0.474 e. The third kappa shape index (κ3) is 9.22. The smallest absolute Gasteiger partial charge is 0.469 e. The largest absolute Gasteiger partial charge is 0.474 e. The van der Waals surface area contributed by atoms with E-state index in [2.05, 4.69) is 44.0 Å². The van der Waals surface area contributed by atoms with Gasteiger partial charge in [-0.2, -0.15) is 0 Å². The minimum atomic E-state index is -4.72. The molecule has 5 fully saturated rings. The van der Waals surface area contributed by atoms with Crippen LogP contribution in [0.1, 0.15) is 78.9 Å². The molecule has 8 aliphatic rings. The number of carbonyl (C=O) groups is 1. The van der Waals surface area contributed by atoms with Gasteiger partial charge in [0.1, 0.15) is 29.3 Å². The number of hydrogen-bond acceptors (Lipinski definition) is 14. The predicted octanol–water partition coefficient (Wildman–Crippen LogP) is 7.15. The number of quaternary nitrogens is 1. The normalized spacial score (nSPS) is 24.4. The van der Waals surface area contributed by atoms with Crippen LogP contribution in [0.2, 0.25) is 0 Å². The Balaban J connectivity index is 0.877. The first kappa shape index (κ1) is 48.6. The molecule has 1 aliphatic carbocycles. The number of nitrogens with one attached hydrogen (secondary N) is 3. The van der Waals surface area contributed by atoms with Crippen LogP contribution in [0.3, 0.4) is 0 Å². The van der Waals surface area contributed by atoms with Crippen molar-refractivity contribution in [2.75, 3.05) is 74.5 Å². The Labute approximate surface area is 417 Å². The second-order valence-electron chi connectivity index (χ2n) is 20.5. The molecular formula is C50H60N8O12PS+. The van der Waals surface area contributed by atoms with E-state index in [1.807, 2.05) is 41.3 Å². The number of nitro benzene ring substituents is 1. The van der Waals surface area contributed by atoms with Crippen LogP contribution in [-0.2, 0) is 28.6 Å². The number of H-pyrrole nitrogens is 1. The number of phosphoric ester groups is 1. The van der Waals surface area contributed by atoms with Gasteiger partial charge in [0, 0.05) is 87.6 Å². The van der Waals surface area contributed by atoms with E-state index in [-0.39, 0.29) is 54.6 Å². The summed E-state index contributed by atoms with van der Waals surface area (Å²) in [6.45, 7) is 6.45. The van der Waals surface area contributed by atoms with Gasteiger partial charge in [0.05, 0.1) is 52.9 Å². The summed E-state index contributed by atoms with van der Waals surface area (Å²) in [4.78, 5) is 57.6. The molecule has 7 heterocycles. The summed E-state index contributed by atoms with van der Waals surface area (Å²) in [6, 6.07) is 20.9. The van der Waals surface area contributed by atoms with Crippen molar-refractivity contribution in [2.45, 2.75) is 87.4 Å². The molecule has 7 aliphatic heterocycles. The summed E-state index contributed by atoms with van der Waals surface area (Å²) >= 11 is 0. The van der Waals surface area contributed by atoms with Crippen molar-refractivity contribution in [2.24, 2.45) is 11.3 Å². The number of likely N-dealkylation sites (tertiary alicyclic amines) is 1. The number of aromatic amines is 1. The van der Waals surface area contributed by atoms with Crippen LogP contribution in [-0.4, -0.2) is 121 Å². The number of ether oxygens (including phenoxy) is 3. The molecule has 1 saturated carbocycles. The van der Waals surface area contributed by atoms with Crippen molar-refractivity contribution in [3.63, 3.8) is 0 Å². The van der Waals surface area contributed by atoms with Gasteiger partial charge < -0.3 is 44.1 Å². The number of nitro groups is 1. The zero-order valence-corrected chi connectivity index (χ0v) is 41.7. The lowest BCUT2D eigenvalue weighted by molar-refractivity contribution is -0.988. The Morgan fingerprint density at radius 3 is 2.57 bits per heavy atom. The maximum absolute atomic E-state index is 14.6. The number of rotatable bonds is 14. The van der Waals surface area contributed by atoms with Gasteiger partial charge in [-0.3, -0.25) is 19.4 Å². The zero-order chi connectivity index (χ0) is 50.0. The first-order valence-electron chi connectivity index (χ1n) is 24.8. The van der Waals surface area contributed by atoms with E-state index in [0.29, 0.717) is 60.4 Å². The van der Waals surface area contributed by atoms with Crippen molar-refractivity contribution in [3.8, 4) is 17.3 Å². The summed E-state index contributed by atoms with van der Waals surface area (Å²) in [6.07, 6.45) is 8.25. The van der Waals surface area contributed by atoms with Crippen LogP contribution in [0.15, 0.2) is 83.9 Å². The SMILES string of the molecule is Cc1ccccc1[C@@H]1CCC[N+]1(COP(=O)(O)O)C1CC2(CCN(c3ccc(C(=O)NS(=O)(=O)c4ccc(NCC5CCOCC5)c([N+](=O)[O-])c4)c(N4c5cc6ccnc-6[nH]c5O[C@@H]5COC[C@H]54)c3)CC2)C1. The summed E-state index contributed by atoms with van der Waals surface area (Å²) in [5.74, 6) is 0.357. The number of aromatic nitrogens is 2. The number of aryl methyl sites for hydroxylation is 1. The number of pyridine rings is 1.